The Hall–Kier alpha value is -1.83. The molecule has 0 bridgehead atoms. The highest BCUT2D eigenvalue weighted by Gasteiger charge is 2.02. The number of rotatable bonds is 4. The zero-order chi connectivity index (χ0) is 13.4. The molecule has 0 saturated heterocycles. The van der Waals surface area contributed by atoms with Crippen molar-refractivity contribution < 1.29 is 4.79 Å². The number of hydrogen-bond donors (Lipinski definition) is 2. The van der Waals surface area contributed by atoms with Crippen LogP contribution in [0.2, 0.25) is 0 Å². The summed E-state index contributed by atoms with van der Waals surface area (Å²) in [5, 5.41) is 2.86. The van der Waals surface area contributed by atoms with Crippen molar-refractivity contribution >= 4 is 5.91 Å². The van der Waals surface area contributed by atoms with E-state index < -0.39 is 0 Å². The van der Waals surface area contributed by atoms with E-state index in [2.05, 4.69) is 17.2 Å². The molecule has 0 aliphatic heterocycles. The van der Waals surface area contributed by atoms with Crippen molar-refractivity contribution in [3.8, 4) is 11.8 Å². The molecule has 4 nitrogen and oxygen atoms in total. The molecule has 3 N–H and O–H groups in total. The van der Waals surface area contributed by atoms with Crippen LogP contribution in [0.5, 0.6) is 0 Å². The van der Waals surface area contributed by atoms with Gasteiger partial charge in [-0.15, -0.1) is 0 Å². The molecule has 0 heterocycles. The zero-order valence-corrected chi connectivity index (χ0v) is 10.9. The van der Waals surface area contributed by atoms with Gasteiger partial charge in [-0.3, -0.25) is 4.79 Å². The first kappa shape index (κ1) is 14.2. The summed E-state index contributed by atoms with van der Waals surface area (Å²) in [5.41, 5.74) is 7.27. The molecule has 0 unspecified atom stereocenters. The normalized spacial score (nSPS) is 9.78. The summed E-state index contributed by atoms with van der Waals surface area (Å²) < 4.78 is 0. The topological polar surface area (TPSA) is 58.4 Å². The predicted octanol–water partition coefficient (Wildman–Crippen LogP) is 0.175. The van der Waals surface area contributed by atoms with Crippen LogP contribution in [0.1, 0.15) is 11.1 Å². The van der Waals surface area contributed by atoms with E-state index in [1.807, 2.05) is 43.3 Å². The zero-order valence-electron chi connectivity index (χ0n) is 10.9. The smallest absolute Gasteiger partial charge is 0.234 e. The summed E-state index contributed by atoms with van der Waals surface area (Å²) in [5.74, 6) is 5.79. The fourth-order valence-electron chi connectivity index (χ4n) is 1.46. The van der Waals surface area contributed by atoms with E-state index in [1.165, 1.54) is 0 Å². The van der Waals surface area contributed by atoms with Crippen molar-refractivity contribution in [2.75, 3.05) is 27.2 Å². The second-order valence-electron chi connectivity index (χ2n) is 4.22. The van der Waals surface area contributed by atoms with Gasteiger partial charge in [-0.05, 0) is 31.8 Å². The van der Waals surface area contributed by atoms with Gasteiger partial charge in [-0.25, -0.2) is 0 Å². The van der Waals surface area contributed by atoms with Crippen LogP contribution in [0.3, 0.4) is 0 Å². The monoisotopic (exact) mass is 245 g/mol. The summed E-state index contributed by atoms with van der Waals surface area (Å²) in [6, 6.07) is 7.77. The molecule has 0 aromatic heterocycles. The molecule has 1 rings (SSSR count). The largest absolute Gasteiger partial charge is 0.351 e. The standard InChI is InChI=1S/C14H19N3O/c1-17(2)11-14(18)16-10-13-6-3-5-12(9-13)7-4-8-15/h3,5-6,9H,8,10-11,15H2,1-2H3,(H,16,18). The molecule has 0 atom stereocenters. The predicted molar refractivity (Wildman–Crippen MR) is 72.8 cm³/mol. The number of carbonyl (C=O) groups excluding carboxylic acids is 1. The lowest BCUT2D eigenvalue weighted by molar-refractivity contribution is -0.121. The van der Waals surface area contributed by atoms with E-state index in [4.69, 9.17) is 5.73 Å². The van der Waals surface area contributed by atoms with Crippen molar-refractivity contribution in [3.63, 3.8) is 0 Å². The molecule has 18 heavy (non-hydrogen) atoms. The number of hydrogen-bond acceptors (Lipinski definition) is 3. The van der Waals surface area contributed by atoms with E-state index in [1.54, 1.807) is 0 Å². The minimum absolute atomic E-state index is 0.0124. The number of nitrogens with two attached hydrogens (primary N) is 1. The Labute approximate surface area is 108 Å². The van der Waals surface area contributed by atoms with Crippen LogP contribution < -0.4 is 11.1 Å². The van der Waals surface area contributed by atoms with E-state index in [0.717, 1.165) is 11.1 Å². The average Bonchev–Trinajstić information content (AvgIpc) is 2.33. The van der Waals surface area contributed by atoms with E-state index in [9.17, 15) is 4.79 Å². The maximum absolute atomic E-state index is 11.5. The van der Waals surface area contributed by atoms with Crippen molar-refractivity contribution in [2.24, 2.45) is 5.73 Å². The van der Waals surface area contributed by atoms with Crippen LogP contribution in [0.25, 0.3) is 0 Å². The summed E-state index contributed by atoms with van der Waals surface area (Å²) in [6.45, 7) is 1.27. The van der Waals surface area contributed by atoms with Gasteiger partial charge in [0.15, 0.2) is 0 Å². The maximum atomic E-state index is 11.5. The molecule has 0 aliphatic rings. The van der Waals surface area contributed by atoms with Gasteiger partial charge >= 0.3 is 0 Å². The van der Waals surface area contributed by atoms with Crippen LogP contribution in [0.4, 0.5) is 0 Å². The van der Waals surface area contributed by atoms with Crippen molar-refractivity contribution in [1.29, 1.82) is 0 Å². The lowest BCUT2D eigenvalue weighted by Crippen LogP contribution is -2.32. The molecule has 1 amide bonds. The average molecular weight is 245 g/mol. The van der Waals surface area contributed by atoms with E-state index in [-0.39, 0.29) is 5.91 Å². The number of nitrogens with one attached hydrogen (secondary N) is 1. The van der Waals surface area contributed by atoms with Gasteiger partial charge in [0.05, 0.1) is 13.1 Å². The van der Waals surface area contributed by atoms with Gasteiger partial charge in [0.1, 0.15) is 0 Å². The van der Waals surface area contributed by atoms with Crippen LogP contribution in [-0.2, 0) is 11.3 Å². The number of benzene rings is 1. The van der Waals surface area contributed by atoms with Gasteiger partial charge in [0.25, 0.3) is 0 Å². The number of amides is 1. The lowest BCUT2D eigenvalue weighted by atomic mass is 10.1. The molecule has 0 radical (unpaired) electrons. The van der Waals surface area contributed by atoms with Gasteiger partial charge in [0.2, 0.25) is 5.91 Å². The highest BCUT2D eigenvalue weighted by atomic mass is 16.1. The van der Waals surface area contributed by atoms with Crippen LogP contribution >= 0.6 is 0 Å². The lowest BCUT2D eigenvalue weighted by Gasteiger charge is -2.10. The Balaban J connectivity index is 2.55. The second kappa shape index (κ2) is 7.49. The van der Waals surface area contributed by atoms with Crippen LogP contribution in [0, 0.1) is 11.8 Å². The molecule has 0 aliphatic carbocycles. The number of carbonyl (C=O) groups is 1. The second-order valence-corrected chi connectivity index (χ2v) is 4.22. The first-order valence-electron chi connectivity index (χ1n) is 5.81. The first-order chi connectivity index (χ1) is 8.61. The molecule has 0 spiro atoms. The Morgan fingerprint density at radius 3 is 2.89 bits per heavy atom. The molecular formula is C14H19N3O. The molecule has 0 fully saturated rings. The first-order valence-corrected chi connectivity index (χ1v) is 5.81. The van der Waals surface area contributed by atoms with Gasteiger partial charge < -0.3 is 16.0 Å². The summed E-state index contributed by atoms with van der Waals surface area (Å²) >= 11 is 0. The van der Waals surface area contributed by atoms with Crippen LogP contribution in [-0.4, -0.2) is 38.0 Å². The molecule has 1 aromatic carbocycles. The molecule has 1 aromatic rings. The highest BCUT2D eigenvalue weighted by Crippen LogP contribution is 2.03. The number of likely N-dealkylation sites (N-methyl/N-ethyl adjacent to an activating group) is 1. The minimum atomic E-state index is 0.0124. The van der Waals surface area contributed by atoms with Gasteiger partial charge in [0, 0.05) is 12.1 Å². The molecular weight excluding hydrogens is 226 g/mol. The molecule has 96 valence electrons. The third-order valence-electron chi connectivity index (χ3n) is 2.21. The quantitative estimate of drug-likeness (QED) is 0.744. The maximum Gasteiger partial charge on any atom is 0.234 e. The number of nitrogens with zero attached hydrogens (tertiary/aromatic N) is 1. The van der Waals surface area contributed by atoms with Crippen molar-refractivity contribution in [2.45, 2.75) is 6.54 Å². The highest BCUT2D eigenvalue weighted by molar-refractivity contribution is 5.77. The Kier molecular flexibility index (Phi) is 5.92. The van der Waals surface area contributed by atoms with E-state index >= 15 is 0 Å². The summed E-state index contributed by atoms with van der Waals surface area (Å²) in [4.78, 5) is 13.3. The van der Waals surface area contributed by atoms with Crippen molar-refractivity contribution in [3.05, 3.63) is 35.4 Å². The fraction of sp³-hybridized carbons (Fsp3) is 0.357. The van der Waals surface area contributed by atoms with Crippen molar-refractivity contribution in [1.82, 2.24) is 10.2 Å². The third-order valence-corrected chi connectivity index (χ3v) is 2.21. The fourth-order valence-corrected chi connectivity index (χ4v) is 1.46. The molecule has 0 saturated carbocycles. The molecule has 4 heteroatoms. The minimum Gasteiger partial charge on any atom is -0.351 e. The SMILES string of the molecule is CN(C)CC(=O)NCc1cccc(C#CCN)c1. The Morgan fingerprint density at radius 1 is 1.44 bits per heavy atom. The summed E-state index contributed by atoms with van der Waals surface area (Å²) in [7, 11) is 3.73. The Morgan fingerprint density at radius 2 is 2.22 bits per heavy atom. The van der Waals surface area contributed by atoms with Gasteiger partial charge in [-0.1, -0.05) is 24.0 Å². The summed E-state index contributed by atoms with van der Waals surface area (Å²) in [6.07, 6.45) is 0. The third kappa shape index (κ3) is 5.48. The van der Waals surface area contributed by atoms with E-state index in [0.29, 0.717) is 19.6 Å². The Bertz CT molecular complexity index is 458. The van der Waals surface area contributed by atoms with Gasteiger partial charge in [-0.2, -0.15) is 0 Å². The van der Waals surface area contributed by atoms with Crippen LogP contribution in [0.15, 0.2) is 24.3 Å².